The van der Waals surface area contributed by atoms with E-state index in [1.165, 1.54) is 12.1 Å². The summed E-state index contributed by atoms with van der Waals surface area (Å²) in [5, 5.41) is 3.22. The van der Waals surface area contributed by atoms with Crippen LogP contribution in [0.2, 0.25) is 0 Å². The van der Waals surface area contributed by atoms with Gasteiger partial charge in [0.05, 0.1) is 5.75 Å². The molecule has 5 heteroatoms. The molecule has 1 heterocycles. The fourth-order valence-electron chi connectivity index (χ4n) is 1.84. The predicted octanol–water partition coefficient (Wildman–Crippen LogP) is 1.49. The number of hydrogen-bond acceptors (Lipinski definition) is 3. The van der Waals surface area contributed by atoms with Gasteiger partial charge in [-0.25, -0.2) is 4.39 Å². The highest BCUT2D eigenvalue weighted by Crippen LogP contribution is 2.13. The number of carbonyl (C=O) groups is 1. The second kappa shape index (κ2) is 6.75. The Labute approximate surface area is 111 Å². The van der Waals surface area contributed by atoms with Gasteiger partial charge in [-0.3, -0.25) is 4.79 Å². The van der Waals surface area contributed by atoms with Gasteiger partial charge in [0.2, 0.25) is 5.91 Å². The lowest BCUT2D eigenvalue weighted by Crippen LogP contribution is -2.47. The summed E-state index contributed by atoms with van der Waals surface area (Å²) in [5.41, 5.74) is 1.05. The normalized spacial score (nSPS) is 15.7. The second-order valence-electron chi connectivity index (χ2n) is 4.25. The SMILES string of the molecule is O=C(CSCc1ccc(F)cc1)N1CCNCC1. The lowest BCUT2D eigenvalue weighted by atomic mass is 10.2. The lowest BCUT2D eigenvalue weighted by molar-refractivity contribution is -0.128. The summed E-state index contributed by atoms with van der Waals surface area (Å²) in [6, 6.07) is 6.43. The molecule has 98 valence electrons. The van der Waals surface area contributed by atoms with Crippen LogP contribution in [0, 0.1) is 5.82 Å². The molecule has 0 spiro atoms. The fraction of sp³-hybridized carbons (Fsp3) is 0.462. The summed E-state index contributed by atoms with van der Waals surface area (Å²) in [4.78, 5) is 13.8. The number of piperazine rings is 1. The number of nitrogens with one attached hydrogen (secondary N) is 1. The molecule has 1 fully saturated rings. The maximum absolute atomic E-state index is 12.7. The van der Waals surface area contributed by atoms with Crippen LogP contribution >= 0.6 is 11.8 Å². The van der Waals surface area contributed by atoms with Crippen molar-refractivity contribution in [1.29, 1.82) is 0 Å². The first-order chi connectivity index (χ1) is 8.75. The number of halogens is 1. The first-order valence-corrected chi connectivity index (χ1v) is 7.22. The zero-order valence-electron chi connectivity index (χ0n) is 10.2. The molecular weight excluding hydrogens is 251 g/mol. The third kappa shape index (κ3) is 3.99. The quantitative estimate of drug-likeness (QED) is 0.898. The van der Waals surface area contributed by atoms with Crippen LogP contribution < -0.4 is 5.32 Å². The summed E-state index contributed by atoms with van der Waals surface area (Å²) >= 11 is 1.58. The van der Waals surface area contributed by atoms with E-state index in [1.54, 1.807) is 23.9 Å². The lowest BCUT2D eigenvalue weighted by Gasteiger charge is -2.27. The average Bonchev–Trinajstić information content (AvgIpc) is 2.42. The van der Waals surface area contributed by atoms with Gasteiger partial charge in [0.15, 0.2) is 0 Å². The van der Waals surface area contributed by atoms with Crippen molar-refractivity contribution in [2.45, 2.75) is 5.75 Å². The van der Waals surface area contributed by atoms with Crippen molar-refractivity contribution in [2.75, 3.05) is 31.9 Å². The van der Waals surface area contributed by atoms with E-state index in [0.29, 0.717) is 5.75 Å². The van der Waals surface area contributed by atoms with Crippen LogP contribution in [0.4, 0.5) is 4.39 Å². The second-order valence-corrected chi connectivity index (χ2v) is 5.24. The number of rotatable bonds is 4. The highest BCUT2D eigenvalue weighted by atomic mass is 32.2. The van der Waals surface area contributed by atoms with Crippen LogP contribution in [0.3, 0.4) is 0 Å². The van der Waals surface area contributed by atoms with Gasteiger partial charge in [-0.05, 0) is 17.7 Å². The molecule has 1 N–H and O–H groups in total. The van der Waals surface area contributed by atoms with Crippen molar-refractivity contribution in [1.82, 2.24) is 10.2 Å². The van der Waals surface area contributed by atoms with E-state index in [-0.39, 0.29) is 11.7 Å². The molecule has 3 nitrogen and oxygen atoms in total. The minimum atomic E-state index is -0.222. The molecule has 0 radical (unpaired) electrons. The van der Waals surface area contributed by atoms with Gasteiger partial charge >= 0.3 is 0 Å². The Balaban J connectivity index is 1.71. The Hall–Kier alpha value is -1.07. The summed E-state index contributed by atoms with van der Waals surface area (Å²) in [6.45, 7) is 3.37. The third-order valence-electron chi connectivity index (χ3n) is 2.88. The molecule has 1 aliphatic heterocycles. The van der Waals surface area contributed by atoms with Gasteiger partial charge in [-0.2, -0.15) is 0 Å². The van der Waals surface area contributed by atoms with Crippen molar-refractivity contribution in [3.8, 4) is 0 Å². The van der Waals surface area contributed by atoms with Crippen molar-refractivity contribution in [2.24, 2.45) is 0 Å². The van der Waals surface area contributed by atoms with E-state index < -0.39 is 0 Å². The first kappa shape index (κ1) is 13.4. The summed E-state index contributed by atoms with van der Waals surface area (Å²) in [7, 11) is 0. The molecule has 0 bridgehead atoms. The first-order valence-electron chi connectivity index (χ1n) is 6.06. The molecule has 0 saturated carbocycles. The third-order valence-corrected chi connectivity index (χ3v) is 3.87. The average molecular weight is 268 g/mol. The molecule has 1 aromatic rings. The smallest absolute Gasteiger partial charge is 0.232 e. The number of carbonyl (C=O) groups excluding carboxylic acids is 1. The van der Waals surface area contributed by atoms with E-state index in [1.807, 2.05) is 4.90 Å². The Bertz CT molecular complexity index is 390. The van der Waals surface area contributed by atoms with Gasteiger partial charge in [-0.1, -0.05) is 12.1 Å². The monoisotopic (exact) mass is 268 g/mol. The predicted molar refractivity (Wildman–Crippen MR) is 72.0 cm³/mol. The van der Waals surface area contributed by atoms with Crippen molar-refractivity contribution >= 4 is 17.7 Å². The number of amides is 1. The zero-order valence-corrected chi connectivity index (χ0v) is 11.0. The number of thioether (sulfide) groups is 1. The van der Waals surface area contributed by atoms with E-state index in [2.05, 4.69) is 5.32 Å². The number of nitrogens with zero attached hydrogens (tertiary/aromatic N) is 1. The molecule has 0 unspecified atom stereocenters. The Morgan fingerprint density at radius 1 is 1.28 bits per heavy atom. The molecule has 2 rings (SSSR count). The van der Waals surface area contributed by atoms with Crippen molar-refractivity contribution in [3.63, 3.8) is 0 Å². The summed E-state index contributed by atoms with van der Waals surface area (Å²) < 4.78 is 12.7. The molecule has 1 aromatic carbocycles. The van der Waals surface area contributed by atoms with Crippen LogP contribution in [0.25, 0.3) is 0 Å². The Morgan fingerprint density at radius 2 is 1.94 bits per heavy atom. The highest BCUT2D eigenvalue weighted by Gasteiger charge is 2.15. The number of benzene rings is 1. The van der Waals surface area contributed by atoms with Crippen molar-refractivity contribution < 1.29 is 9.18 Å². The zero-order chi connectivity index (χ0) is 12.8. The standard InChI is InChI=1S/C13H17FN2OS/c14-12-3-1-11(2-4-12)9-18-10-13(17)16-7-5-15-6-8-16/h1-4,15H,5-10H2. The van der Waals surface area contributed by atoms with Gasteiger partial charge < -0.3 is 10.2 Å². The van der Waals surface area contributed by atoms with Gasteiger partial charge in [0, 0.05) is 31.9 Å². The molecule has 18 heavy (non-hydrogen) atoms. The van der Waals surface area contributed by atoms with Gasteiger partial charge in [0.1, 0.15) is 5.82 Å². The fourth-order valence-corrected chi connectivity index (χ4v) is 2.73. The van der Waals surface area contributed by atoms with Crippen LogP contribution in [-0.2, 0) is 10.5 Å². The Kier molecular flexibility index (Phi) is 5.01. The maximum atomic E-state index is 12.7. The number of hydrogen-bond donors (Lipinski definition) is 1. The highest BCUT2D eigenvalue weighted by molar-refractivity contribution is 7.99. The van der Waals surface area contributed by atoms with Crippen LogP contribution in [0.15, 0.2) is 24.3 Å². The van der Waals surface area contributed by atoms with Gasteiger partial charge in [-0.15, -0.1) is 11.8 Å². The van der Waals surface area contributed by atoms with E-state index in [9.17, 15) is 9.18 Å². The van der Waals surface area contributed by atoms with Crippen LogP contribution in [0.1, 0.15) is 5.56 Å². The summed E-state index contributed by atoms with van der Waals surface area (Å²) in [5.74, 6) is 1.22. The minimum absolute atomic E-state index is 0.198. The maximum Gasteiger partial charge on any atom is 0.232 e. The van der Waals surface area contributed by atoms with Crippen LogP contribution in [0.5, 0.6) is 0 Å². The molecule has 1 aliphatic rings. The minimum Gasteiger partial charge on any atom is -0.339 e. The largest absolute Gasteiger partial charge is 0.339 e. The molecule has 0 atom stereocenters. The van der Waals surface area contributed by atoms with Crippen molar-refractivity contribution in [3.05, 3.63) is 35.6 Å². The van der Waals surface area contributed by atoms with Crippen LogP contribution in [-0.4, -0.2) is 42.7 Å². The Morgan fingerprint density at radius 3 is 2.61 bits per heavy atom. The van der Waals surface area contributed by atoms with Gasteiger partial charge in [0.25, 0.3) is 0 Å². The van der Waals surface area contributed by atoms with E-state index in [0.717, 1.165) is 37.5 Å². The topological polar surface area (TPSA) is 32.3 Å². The summed E-state index contributed by atoms with van der Waals surface area (Å²) in [6.07, 6.45) is 0. The molecule has 0 aromatic heterocycles. The molecule has 0 aliphatic carbocycles. The molecular formula is C13H17FN2OS. The van der Waals surface area contributed by atoms with E-state index >= 15 is 0 Å². The van der Waals surface area contributed by atoms with E-state index in [4.69, 9.17) is 0 Å². The molecule has 1 saturated heterocycles. The molecule has 1 amide bonds.